The zero-order valence-corrected chi connectivity index (χ0v) is 9.54. The summed E-state index contributed by atoms with van der Waals surface area (Å²) in [5.41, 5.74) is 0. The summed E-state index contributed by atoms with van der Waals surface area (Å²) in [5.74, 6) is -2.85. The molecule has 0 saturated carbocycles. The lowest BCUT2D eigenvalue weighted by Gasteiger charge is -2.06. The number of carboxylic acid groups (broad SMARTS) is 1. The smallest absolute Gasteiger partial charge is 0.366 e. The topological polar surface area (TPSA) is 99.1 Å². The third kappa shape index (κ3) is 9.06. The van der Waals surface area contributed by atoms with Crippen molar-refractivity contribution in [1.82, 2.24) is 0 Å². The zero-order chi connectivity index (χ0) is 13.3. The molecule has 7 heteroatoms. The van der Waals surface area contributed by atoms with Gasteiger partial charge in [0.15, 0.2) is 0 Å². The highest BCUT2D eigenvalue weighted by atomic mass is 17.2. The molecule has 0 bridgehead atoms. The Morgan fingerprint density at radius 1 is 1.18 bits per heavy atom. The van der Waals surface area contributed by atoms with E-state index >= 15 is 0 Å². The second-order valence-corrected chi connectivity index (χ2v) is 3.22. The quantitative estimate of drug-likeness (QED) is 0.227. The Morgan fingerprint density at radius 2 is 1.82 bits per heavy atom. The second-order valence-electron chi connectivity index (χ2n) is 3.22. The van der Waals surface area contributed by atoms with Gasteiger partial charge in [0, 0.05) is 12.2 Å². The van der Waals surface area contributed by atoms with Crippen molar-refractivity contribution in [2.75, 3.05) is 13.2 Å². The van der Waals surface area contributed by atoms with Crippen LogP contribution in [0.15, 0.2) is 12.2 Å². The number of hydrogen-bond acceptors (Lipinski definition) is 6. The summed E-state index contributed by atoms with van der Waals surface area (Å²) in [7, 11) is 0. The minimum atomic E-state index is -1.27. The number of aliphatic carboxylic acids is 1. The van der Waals surface area contributed by atoms with Gasteiger partial charge in [-0.3, -0.25) is 9.68 Å². The Balaban J connectivity index is 3.55. The fourth-order valence-corrected chi connectivity index (χ4v) is 0.610. The van der Waals surface area contributed by atoms with E-state index in [1.54, 1.807) is 13.8 Å². The molecule has 17 heavy (non-hydrogen) atoms. The van der Waals surface area contributed by atoms with E-state index in [1.807, 2.05) is 0 Å². The maximum absolute atomic E-state index is 11.0. The highest BCUT2D eigenvalue weighted by molar-refractivity contribution is 5.90. The summed E-state index contributed by atoms with van der Waals surface area (Å²) in [4.78, 5) is 40.3. The fourth-order valence-electron chi connectivity index (χ4n) is 0.610. The number of carbonyl (C=O) groups is 3. The van der Waals surface area contributed by atoms with Crippen LogP contribution >= 0.6 is 0 Å². The van der Waals surface area contributed by atoms with E-state index in [1.165, 1.54) is 0 Å². The lowest BCUT2D eigenvalue weighted by molar-refractivity contribution is -0.271. The molecule has 1 N–H and O–H groups in total. The zero-order valence-electron chi connectivity index (χ0n) is 9.54. The normalized spacial score (nSPS) is 10.5. The van der Waals surface area contributed by atoms with Gasteiger partial charge in [-0.1, -0.05) is 13.8 Å². The molecule has 0 radical (unpaired) electrons. The molecule has 0 aromatic rings. The Morgan fingerprint density at radius 3 is 2.35 bits per heavy atom. The van der Waals surface area contributed by atoms with E-state index < -0.39 is 11.9 Å². The van der Waals surface area contributed by atoms with Gasteiger partial charge in [-0.2, -0.15) is 4.89 Å². The standard InChI is InChI=1S/C10H14O7/c1-7(2)10(14)15-5-6-16-17-9(13)4-3-8(11)12/h3-4,7H,5-6H2,1-2H3,(H,11,12)/b4-3+. The molecule has 0 atom stereocenters. The molecule has 0 fully saturated rings. The Hall–Kier alpha value is -1.89. The lowest BCUT2D eigenvalue weighted by atomic mass is 10.2. The minimum Gasteiger partial charge on any atom is -0.478 e. The van der Waals surface area contributed by atoms with Crippen molar-refractivity contribution in [3.05, 3.63) is 12.2 Å². The molecule has 0 rings (SSSR count). The SMILES string of the molecule is CC(C)C(=O)OCCOOC(=O)/C=C/C(=O)O. The largest absolute Gasteiger partial charge is 0.478 e. The molecule has 0 aromatic heterocycles. The minimum absolute atomic E-state index is 0.0487. The first kappa shape index (κ1) is 15.1. The average molecular weight is 246 g/mol. The third-order valence-corrected chi connectivity index (χ3v) is 1.39. The van der Waals surface area contributed by atoms with Gasteiger partial charge in [0.25, 0.3) is 0 Å². The summed E-state index contributed by atoms with van der Waals surface area (Å²) in [6, 6.07) is 0. The number of carbonyl (C=O) groups excluding carboxylic acids is 2. The maximum Gasteiger partial charge on any atom is 0.366 e. The van der Waals surface area contributed by atoms with Crippen molar-refractivity contribution >= 4 is 17.9 Å². The molecular formula is C10H14O7. The van der Waals surface area contributed by atoms with Gasteiger partial charge < -0.3 is 9.84 Å². The first-order valence-corrected chi connectivity index (χ1v) is 4.84. The van der Waals surface area contributed by atoms with Crippen LogP contribution in [0.3, 0.4) is 0 Å². The number of hydrogen-bond donors (Lipinski definition) is 1. The van der Waals surface area contributed by atoms with Crippen LogP contribution < -0.4 is 0 Å². The maximum atomic E-state index is 11.0. The highest BCUT2D eigenvalue weighted by Crippen LogP contribution is 1.95. The molecule has 0 aromatic carbocycles. The third-order valence-electron chi connectivity index (χ3n) is 1.39. The van der Waals surface area contributed by atoms with Crippen LogP contribution in [0.5, 0.6) is 0 Å². The van der Waals surface area contributed by atoms with Crippen LogP contribution in [0.4, 0.5) is 0 Å². The van der Waals surface area contributed by atoms with Crippen molar-refractivity contribution in [3.63, 3.8) is 0 Å². The Labute approximate surface area is 97.9 Å². The Bertz CT molecular complexity index is 306. The van der Waals surface area contributed by atoms with Crippen molar-refractivity contribution in [2.24, 2.45) is 5.92 Å². The number of carboxylic acids is 1. The van der Waals surface area contributed by atoms with Crippen LogP contribution in [-0.2, 0) is 28.9 Å². The molecule has 0 aliphatic carbocycles. The highest BCUT2D eigenvalue weighted by Gasteiger charge is 2.07. The van der Waals surface area contributed by atoms with E-state index in [0.29, 0.717) is 12.2 Å². The summed E-state index contributed by atoms with van der Waals surface area (Å²) in [5, 5.41) is 8.19. The molecule has 0 spiro atoms. The molecule has 0 amide bonds. The monoisotopic (exact) mass is 246 g/mol. The van der Waals surface area contributed by atoms with Gasteiger partial charge >= 0.3 is 17.9 Å². The van der Waals surface area contributed by atoms with E-state index in [2.05, 4.69) is 9.78 Å². The van der Waals surface area contributed by atoms with Gasteiger partial charge in [0.05, 0.1) is 5.92 Å². The van der Waals surface area contributed by atoms with Crippen molar-refractivity contribution in [2.45, 2.75) is 13.8 Å². The molecule has 0 aliphatic rings. The first-order chi connectivity index (χ1) is 7.93. The second kappa shape index (κ2) is 8.28. The first-order valence-electron chi connectivity index (χ1n) is 4.84. The predicted octanol–water partition coefficient (Wildman–Crippen LogP) is 0.301. The molecule has 0 unspecified atom stereocenters. The molecule has 96 valence electrons. The Kier molecular flexibility index (Phi) is 7.36. The summed E-state index contributed by atoms with van der Waals surface area (Å²) < 4.78 is 4.72. The van der Waals surface area contributed by atoms with Crippen molar-refractivity contribution < 1.29 is 34.0 Å². The summed E-state index contributed by atoms with van der Waals surface area (Å²) >= 11 is 0. The van der Waals surface area contributed by atoms with E-state index in [0.717, 1.165) is 0 Å². The van der Waals surface area contributed by atoms with Crippen molar-refractivity contribution in [3.8, 4) is 0 Å². The summed E-state index contributed by atoms with van der Waals surface area (Å²) in [6.07, 6.45) is 1.31. The molecule has 7 nitrogen and oxygen atoms in total. The van der Waals surface area contributed by atoms with E-state index in [-0.39, 0.29) is 25.1 Å². The number of ether oxygens (including phenoxy) is 1. The number of rotatable bonds is 7. The van der Waals surface area contributed by atoms with E-state index in [9.17, 15) is 14.4 Å². The lowest BCUT2D eigenvalue weighted by Crippen LogP contribution is -2.16. The van der Waals surface area contributed by atoms with Crippen LogP contribution in [-0.4, -0.2) is 36.2 Å². The molecule has 0 saturated heterocycles. The number of esters is 1. The van der Waals surface area contributed by atoms with Gasteiger partial charge in [-0.15, -0.1) is 0 Å². The van der Waals surface area contributed by atoms with E-state index in [4.69, 9.17) is 9.84 Å². The van der Waals surface area contributed by atoms with Gasteiger partial charge in [0.1, 0.15) is 13.2 Å². The van der Waals surface area contributed by atoms with Crippen molar-refractivity contribution in [1.29, 1.82) is 0 Å². The van der Waals surface area contributed by atoms with Gasteiger partial charge in [-0.25, -0.2) is 9.59 Å². The molecule has 0 aliphatic heterocycles. The van der Waals surface area contributed by atoms with Crippen LogP contribution in [0.2, 0.25) is 0 Å². The average Bonchev–Trinajstić information content (AvgIpc) is 2.25. The van der Waals surface area contributed by atoms with Crippen LogP contribution in [0.25, 0.3) is 0 Å². The van der Waals surface area contributed by atoms with Crippen LogP contribution in [0.1, 0.15) is 13.8 Å². The summed E-state index contributed by atoms with van der Waals surface area (Å²) in [6.45, 7) is 3.19. The van der Waals surface area contributed by atoms with Gasteiger partial charge in [-0.05, 0) is 0 Å². The van der Waals surface area contributed by atoms with Crippen LogP contribution in [0, 0.1) is 5.92 Å². The predicted molar refractivity (Wildman–Crippen MR) is 54.6 cm³/mol. The molecule has 0 heterocycles. The fraction of sp³-hybridized carbons (Fsp3) is 0.500. The van der Waals surface area contributed by atoms with Gasteiger partial charge in [0.2, 0.25) is 0 Å². The molecular weight excluding hydrogens is 232 g/mol.